The molecule has 1 saturated heterocycles. The van der Waals surface area contributed by atoms with Gasteiger partial charge in [-0.2, -0.15) is 22.5 Å². The van der Waals surface area contributed by atoms with Crippen LogP contribution in [0.5, 0.6) is 5.88 Å². The molecule has 2 aliphatic rings. The molecule has 0 spiro atoms. The van der Waals surface area contributed by atoms with Gasteiger partial charge in [0.25, 0.3) is 5.88 Å². The molecule has 1 aromatic carbocycles. The molecule has 1 aliphatic heterocycles. The highest BCUT2D eigenvalue weighted by Gasteiger charge is 2.40. The van der Waals surface area contributed by atoms with E-state index in [9.17, 15) is 22.4 Å². The molecule has 1 amide bonds. The minimum atomic E-state index is -4.89. The molecule has 0 atom stereocenters. The molecule has 35 heavy (non-hydrogen) atoms. The van der Waals surface area contributed by atoms with Gasteiger partial charge in [-0.1, -0.05) is 0 Å². The summed E-state index contributed by atoms with van der Waals surface area (Å²) in [6, 6.07) is 7.19. The molecule has 190 valence electrons. The van der Waals surface area contributed by atoms with Gasteiger partial charge in [0.05, 0.1) is 26.0 Å². The lowest BCUT2D eigenvalue weighted by molar-refractivity contribution is -0.174. The van der Waals surface area contributed by atoms with Gasteiger partial charge in [0, 0.05) is 30.5 Å². The molecule has 0 bridgehead atoms. The van der Waals surface area contributed by atoms with Crippen LogP contribution in [0, 0.1) is 11.7 Å². The molecule has 2 heterocycles. The van der Waals surface area contributed by atoms with Crippen LogP contribution in [0.4, 0.5) is 34.9 Å². The number of halogens is 4. The first-order chi connectivity index (χ1) is 16.8. The van der Waals surface area contributed by atoms with Crippen molar-refractivity contribution in [2.45, 2.75) is 37.9 Å². The lowest BCUT2D eigenvalue weighted by atomic mass is 9.86. The van der Waals surface area contributed by atoms with E-state index >= 15 is 0 Å². The third kappa shape index (κ3) is 6.93. The largest absolute Gasteiger partial charge is 0.475 e. The Morgan fingerprint density at radius 1 is 1.11 bits per heavy atom. The second-order valence-electron chi connectivity index (χ2n) is 8.62. The number of morpholine rings is 1. The summed E-state index contributed by atoms with van der Waals surface area (Å²) in [6.45, 7) is 3.23. The Bertz CT molecular complexity index is 992. The van der Waals surface area contributed by atoms with Crippen molar-refractivity contribution in [3.8, 4) is 5.88 Å². The standard InChI is InChI=1S/C23H27F4N5O3/c24-19-13-28-22(30-17-5-7-18(8-6-17)32-9-11-34-12-10-32)31-20(19)35-14-15-1-3-16(4-2-15)29-21(33)23(25,26)27/h5-8,13,15-16H,1-4,9-12,14H2,(H,29,33)(H,28,30,31). The highest BCUT2D eigenvalue weighted by atomic mass is 19.4. The SMILES string of the molecule is O=C(NC1CCC(COc2nc(Nc3ccc(N4CCOCC4)cc3)ncc2F)CC1)C(F)(F)F. The number of nitrogens with one attached hydrogen (secondary N) is 2. The Balaban J connectivity index is 1.27. The predicted octanol–water partition coefficient (Wildman–Crippen LogP) is 3.81. The van der Waals surface area contributed by atoms with Gasteiger partial charge in [0.1, 0.15) is 0 Å². The maximum Gasteiger partial charge on any atom is 0.471 e. The number of anilines is 3. The molecule has 2 fully saturated rings. The minimum absolute atomic E-state index is 0.0209. The van der Waals surface area contributed by atoms with Gasteiger partial charge in [0.2, 0.25) is 11.8 Å². The Morgan fingerprint density at radius 2 is 1.80 bits per heavy atom. The molecule has 1 aromatic heterocycles. The van der Waals surface area contributed by atoms with Gasteiger partial charge in [-0.05, 0) is 55.9 Å². The van der Waals surface area contributed by atoms with Crippen LogP contribution in [0.2, 0.25) is 0 Å². The van der Waals surface area contributed by atoms with Gasteiger partial charge >= 0.3 is 12.1 Å². The topological polar surface area (TPSA) is 88.6 Å². The molecule has 0 unspecified atom stereocenters. The molecule has 12 heteroatoms. The summed E-state index contributed by atoms with van der Waals surface area (Å²) in [7, 11) is 0. The quantitative estimate of drug-likeness (QED) is 0.563. The molecule has 1 saturated carbocycles. The molecule has 2 aromatic rings. The van der Waals surface area contributed by atoms with Crippen LogP contribution in [-0.2, 0) is 9.53 Å². The summed E-state index contributed by atoms with van der Waals surface area (Å²) < 4.78 is 62.3. The maximum atomic E-state index is 14.2. The van der Waals surface area contributed by atoms with Crippen LogP contribution in [0.3, 0.4) is 0 Å². The second kappa shape index (κ2) is 11.1. The Morgan fingerprint density at radius 3 is 2.46 bits per heavy atom. The zero-order chi connectivity index (χ0) is 24.8. The predicted molar refractivity (Wildman–Crippen MR) is 120 cm³/mol. The van der Waals surface area contributed by atoms with Crippen molar-refractivity contribution in [1.29, 1.82) is 0 Å². The molecule has 8 nitrogen and oxygen atoms in total. The van der Waals surface area contributed by atoms with E-state index < -0.39 is 23.9 Å². The van der Waals surface area contributed by atoms with E-state index in [-0.39, 0.29) is 24.4 Å². The van der Waals surface area contributed by atoms with E-state index in [1.54, 1.807) is 0 Å². The minimum Gasteiger partial charge on any atom is -0.475 e. The molecular weight excluding hydrogens is 470 g/mol. The van der Waals surface area contributed by atoms with Gasteiger partial charge < -0.3 is 25.0 Å². The normalized spacial score (nSPS) is 20.9. The summed E-state index contributed by atoms with van der Waals surface area (Å²) in [5, 5.41) is 5.04. The summed E-state index contributed by atoms with van der Waals surface area (Å²) in [4.78, 5) is 21.4. The van der Waals surface area contributed by atoms with Crippen molar-refractivity contribution in [2.75, 3.05) is 43.1 Å². The van der Waals surface area contributed by atoms with E-state index in [2.05, 4.69) is 20.2 Å². The number of hydrogen-bond acceptors (Lipinski definition) is 7. The van der Waals surface area contributed by atoms with Crippen molar-refractivity contribution < 1.29 is 31.8 Å². The number of aromatic nitrogens is 2. The molecule has 4 rings (SSSR count). The summed E-state index contributed by atoms with van der Waals surface area (Å²) in [5.41, 5.74) is 1.81. The highest BCUT2D eigenvalue weighted by molar-refractivity contribution is 5.81. The van der Waals surface area contributed by atoms with Crippen molar-refractivity contribution in [2.24, 2.45) is 5.92 Å². The fourth-order valence-electron chi connectivity index (χ4n) is 4.16. The van der Waals surface area contributed by atoms with Crippen molar-refractivity contribution in [3.63, 3.8) is 0 Å². The van der Waals surface area contributed by atoms with Crippen LogP contribution in [-0.4, -0.2) is 61.0 Å². The fourth-order valence-corrected chi connectivity index (χ4v) is 4.16. The summed E-state index contributed by atoms with van der Waals surface area (Å²) >= 11 is 0. The first kappa shape index (κ1) is 25.0. The smallest absolute Gasteiger partial charge is 0.471 e. The van der Waals surface area contributed by atoms with Crippen LogP contribution in [0.25, 0.3) is 0 Å². The highest BCUT2D eigenvalue weighted by Crippen LogP contribution is 2.27. The third-order valence-corrected chi connectivity index (χ3v) is 6.11. The number of ether oxygens (including phenoxy) is 2. The maximum absolute atomic E-state index is 14.2. The third-order valence-electron chi connectivity index (χ3n) is 6.11. The van der Waals surface area contributed by atoms with E-state index in [1.165, 1.54) is 0 Å². The number of rotatable bonds is 7. The van der Waals surface area contributed by atoms with Gasteiger partial charge in [-0.3, -0.25) is 4.79 Å². The zero-order valence-corrected chi connectivity index (χ0v) is 19.0. The molecule has 1 aliphatic carbocycles. The monoisotopic (exact) mass is 497 g/mol. The average molecular weight is 497 g/mol. The molecule has 2 N–H and O–H groups in total. The lowest BCUT2D eigenvalue weighted by Crippen LogP contribution is -2.44. The van der Waals surface area contributed by atoms with Crippen LogP contribution in [0.15, 0.2) is 30.5 Å². The summed E-state index contributed by atoms with van der Waals surface area (Å²) in [6.07, 6.45) is -1.96. The Labute approximate surface area is 200 Å². The average Bonchev–Trinajstić information content (AvgIpc) is 2.85. The number of carbonyl (C=O) groups is 1. The van der Waals surface area contributed by atoms with Crippen LogP contribution < -0.4 is 20.3 Å². The molecular formula is C23H27F4N5O3. The number of carbonyl (C=O) groups excluding carboxylic acids is 1. The van der Waals surface area contributed by atoms with Crippen LogP contribution in [0.1, 0.15) is 25.7 Å². The van der Waals surface area contributed by atoms with Gasteiger partial charge in [-0.15, -0.1) is 0 Å². The summed E-state index contributed by atoms with van der Waals surface area (Å²) in [5.74, 6) is -2.62. The van der Waals surface area contributed by atoms with Gasteiger partial charge in [-0.25, -0.2) is 4.98 Å². The Hall–Kier alpha value is -3.15. The van der Waals surface area contributed by atoms with E-state index in [0.717, 1.165) is 30.7 Å². The van der Waals surface area contributed by atoms with Crippen molar-refractivity contribution >= 4 is 23.2 Å². The van der Waals surface area contributed by atoms with E-state index in [1.807, 2.05) is 29.6 Å². The number of amides is 1. The zero-order valence-electron chi connectivity index (χ0n) is 19.0. The van der Waals surface area contributed by atoms with Gasteiger partial charge in [0.15, 0.2) is 0 Å². The molecule has 0 radical (unpaired) electrons. The van der Waals surface area contributed by atoms with Crippen LogP contribution >= 0.6 is 0 Å². The first-order valence-electron chi connectivity index (χ1n) is 11.5. The second-order valence-corrected chi connectivity index (χ2v) is 8.62. The van der Waals surface area contributed by atoms with Crippen molar-refractivity contribution in [3.05, 3.63) is 36.3 Å². The lowest BCUT2D eigenvalue weighted by Gasteiger charge is -2.29. The van der Waals surface area contributed by atoms with E-state index in [0.29, 0.717) is 38.9 Å². The Kier molecular flexibility index (Phi) is 7.89. The first-order valence-corrected chi connectivity index (χ1v) is 11.5. The fraction of sp³-hybridized carbons (Fsp3) is 0.522. The number of hydrogen-bond donors (Lipinski definition) is 2. The number of alkyl halides is 3. The number of benzene rings is 1. The van der Waals surface area contributed by atoms with E-state index in [4.69, 9.17) is 9.47 Å². The number of nitrogens with zero attached hydrogens (tertiary/aromatic N) is 3. The van der Waals surface area contributed by atoms with Crippen molar-refractivity contribution in [1.82, 2.24) is 15.3 Å².